The second kappa shape index (κ2) is 15.6. The molecule has 0 aromatic carbocycles. The van der Waals surface area contributed by atoms with E-state index in [-0.39, 0.29) is 18.8 Å². The number of nitrogens with one attached hydrogen (secondary N) is 2. The van der Waals surface area contributed by atoms with Crippen LogP contribution in [0.15, 0.2) is 11.5 Å². The van der Waals surface area contributed by atoms with Gasteiger partial charge < -0.3 is 30.0 Å². The summed E-state index contributed by atoms with van der Waals surface area (Å²) in [5.74, 6) is 0.0363. The summed E-state index contributed by atoms with van der Waals surface area (Å²) in [5, 5.41) is 15.3. The fraction of sp³-hybridized carbons (Fsp3) is 0.882. The number of alkyl halides is 1. The first kappa shape index (κ1) is 23.1. The molecule has 7 heteroatoms. The number of hydrogen-bond donors (Lipinski definition) is 3. The SMILES string of the molecule is CC(C)=C(O)NCC(F)CCOCCOCCOCCNC(C)C. The summed E-state index contributed by atoms with van der Waals surface area (Å²) in [7, 11) is 0. The lowest BCUT2D eigenvalue weighted by molar-refractivity contribution is 0.0118. The van der Waals surface area contributed by atoms with Gasteiger partial charge in [-0.15, -0.1) is 0 Å². The van der Waals surface area contributed by atoms with Crippen molar-refractivity contribution in [2.45, 2.75) is 46.3 Å². The van der Waals surface area contributed by atoms with Crippen LogP contribution in [-0.2, 0) is 14.2 Å². The van der Waals surface area contributed by atoms with Crippen LogP contribution in [0.5, 0.6) is 0 Å². The van der Waals surface area contributed by atoms with E-state index in [0.29, 0.717) is 45.7 Å². The molecule has 0 saturated heterocycles. The molecule has 0 fully saturated rings. The summed E-state index contributed by atoms with van der Waals surface area (Å²) >= 11 is 0. The van der Waals surface area contributed by atoms with Crippen LogP contribution in [0.1, 0.15) is 34.1 Å². The lowest BCUT2D eigenvalue weighted by Crippen LogP contribution is -2.27. The fourth-order valence-corrected chi connectivity index (χ4v) is 1.66. The molecule has 144 valence electrons. The first-order valence-corrected chi connectivity index (χ1v) is 8.64. The maximum absolute atomic E-state index is 13.5. The highest BCUT2D eigenvalue weighted by Gasteiger charge is 2.07. The Morgan fingerprint density at radius 3 is 2.04 bits per heavy atom. The summed E-state index contributed by atoms with van der Waals surface area (Å²) in [6.45, 7) is 11.6. The zero-order chi connectivity index (χ0) is 18.2. The van der Waals surface area contributed by atoms with Gasteiger partial charge in [0.2, 0.25) is 0 Å². The van der Waals surface area contributed by atoms with E-state index in [2.05, 4.69) is 24.5 Å². The molecule has 1 atom stereocenters. The molecule has 1 unspecified atom stereocenters. The predicted molar refractivity (Wildman–Crippen MR) is 94.1 cm³/mol. The molecule has 0 heterocycles. The van der Waals surface area contributed by atoms with E-state index in [4.69, 9.17) is 14.2 Å². The Bertz CT molecular complexity index is 324. The monoisotopic (exact) mass is 350 g/mol. The minimum atomic E-state index is -1.06. The minimum absolute atomic E-state index is 0.0363. The molecule has 0 aliphatic carbocycles. The van der Waals surface area contributed by atoms with Crippen LogP contribution in [0.4, 0.5) is 4.39 Å². The first-order valence-electron chi connectivity index (χ1n) is 8.64. The maximum Gasteiger partial charge on any atom is 0.182 e. The number of rotatable bonds is 16. The van der Waals surface area contributed by atoms with Gasteiger partial charge in [-0.2, -0.15) is 0 Å². The number of aliphatic hydroxyl groups excluding tert-OH is 1. The molecule has 24 heavy (non-hydrogen) atoms. The van der Waals surface area contributed by atoms with Crippen molar-refractivity contribution in [1.29, 1.82) is 0 Å². The summed E-state index contributed by atoms with van der Waals surface area (Å²) in [6, 6.07) is 0.472. The van der Waals surface area contributed by atoms with Crippen molar-refractivity contribution in [3.8, 4) is 0 Å². The third-order valence-electron chi connectivity index (χ3n) is 3.08. The third-order valence-corrected chi connectivity index (χ3v) is 3.08. The van der Waals surface area contributed by atoms with E-state index in [1.54, 1.807) is 13.8 Å². The molecule has 0 aromatic rings. The Labute approximate surface area is 145 Å². The molecule has 0 aliphatic rings. The van der Waals surface area contributed by atoms with E-state index >= 15 is 0 Å². The van der Waals surface area contributed by atoms with Gasteiger partial charge in [0.25, 0.3) is 0 Å². The first-order chi connectivity index (χ1) is 11.4. The van der Waals surface area contributed by atoms with Crippen molar-refractivity contribution in [2.24, 2.45) is 0 Å². The summed E-state index contributed by atoms with van der Waals surface area (Å²) in [6.07, 6.45) is -0.769. The fourth-order valence-electron chi connectivity index (χ4n) is 1.66. The Kier molecular flexibility index (Phi) is 15.0. The highest BCUT2D eigenvalue weighted by Crippen LogP contribution is 2.00. The molecule has 6 nitrogen and oxygen atoms in total. The molecular weight excluding hydrogens is 315 g/mol. The van der Waals surface area contributed by atoms with Crippen LogP contribution >= 0.6 is 0 Å². The summed E-state index contributed by atoms with van der Waals surface area (Å²) < 4.78 is 29.6. The van der Waals surface area contributed by atoms with Gasteiger partial charge in [0.1, 0.15) is 6.17 Å². The molecule has 0 rings (SSSR count). The Hall–Kier alpha value is -0.890. The predicted octanol–water partition coefficient (Wildman–Crippen LogP) is 2.16. The van der Waals surface area contributed by atoms with E-state index < -0.39 is 6.17 Å². The zero-order valence-electron chi connectivity index (χ0n) is 15.6. The van der Waals surface area contributed by atoms with Crippen LogP contribution in [0, 0.1) is 0 Å². The third kappa shape index (κ3) is 16.0. The van der Waals surface area contributed by atoms with Gasteiger partial charge >= 0.3 is 0 Å². The van der Waals surface area contributed by atoms with Crippen LogP contribution in [0.3, 0.4) is 0 Å². The molecule has 0 spiro atoms. The maximum atomic E-state index is 13.5. The van der Waals surface area contributed by atoms with Gasteiger partial charge in [-0.3, -0.25) is 0 Å². The quantitative estimate of drug-likeness (QED) is 0.293. The molecule has 3 N–H and O–H groups in total. The zero-order valence-corrected chi connectivity index (χ0v) is 15.6. The largest absolute Gasteiger partial charge is 0.495 e. The van der Waals surface area contributed by atoms with E-state index in [1.165, 1.54) is 0 Å². The summed E-state index contributed by atoms with van der Waals surface area (Å²) in [5.41, 5.74) is 0.732. The molecule has 0 aromatic heterocycles. The number of allylic oxidation sites excluding steroid dienone is 1. The average Bonchev–Trinajstić information content (AvgIpc) is 2.53. The standard InChI is InChI=1S/C17H35FN2O4/c1-14(2)17(21)20-13-16(18)5-7-22-9-11-24-12-10-23-8-6-19-15(3)4/h15-16,19-21H,5-13H2,1-4H3. The van der Waals surface area contributed by atoms with Crippen molar-refractivity contribution in [2.75, 3.05) is 52.7 Å². The van der Waals surface area contributed by atoms with Crippen molar-refractivity contribution < 1.29 is 23.7 Å². The molecular formula is C17H35FN2O4. The molecule has 0 saturated carbocycles. The number of halogens is 1. The average molecular weight is 350 g/mol. The van der Waals surface area contributed by atoms with Crippen LogP contribution in [0.2, 0.25) is 0 Å². The Morgan fingerprint density at radius 2 is 1.50 bits per heavy atom. The number of ether oxygens (including phenoxy) is 3. The van der Waals surface area contributed by atoms with Crippen LogP contribution < -0.4 is 10.6 Å². The van der Waals surface area contributed by atoms with Gasteiger partial charge in [0, 0.05) is 32.2 Å². The van der Waals surface area contributed by atoms with E-state index in [1.807, 2.05) is 0 Å². The van der Waals surface area contributed by atoms with E-state index in [0.717, 1.165) is 12.1 Å². The lowest BCUT2D eigenvalue weighted by Gasteiger charge is -2.11. The minimum Gasteiger partial charge on any atom is -0.495 e. The molecule has 0 bridgehead atoms. The molecule has 0 amide bonds. The van der Waals surface area contributed by atoms with Gasteiger partial charge in [-0.1, -0.05) is 13.8 Å². The van der Waals surface area contributed by atoms with Gasteiger partial charge in [0.15, 0.2) is 5.88 Å². The van der Waals surface area contributed by atoms with Gasteiger partial charge in [-0.05, 0) is 19.4 Å². The van der Waals surface area contributed by atoms with Crippen molar-refractivity contribution in [3.63, 3.8) is 0 Å². The van der Waals surface area contributed by atoms with Crippen molar-refractivity contribution >= 4 is 0 Å². The second-order valence-electron chi connectivity index (χ2n) is 6.06. The Balaban J connectivity index is 3.26. The van der Waals surface area contributed by atoms with Gasteiger partial charge in [-0.25, -0.2) is 4.39 Å². The number of aliphatic hydroxyl groups is 1. The van der Waals surface area contributed by atoms with Crippen LogP contribution in [-0.4, -0.2) is 70.1 Å². The second-order valence-corrected chi connectivity index (χ2v) is 6.06. The van der Waals surface area contributed by atoms with Crippen LogP contribution in [0.25, 0.3) is 0 Å². The number of hydrogen-bond acceptors (Lipinski definition) is 6. The normalized spacial score (nSPS) is 12.4. The van der Waals surface area contributed by atoms with Crippen molar-refractivity contribution in [3.05, 3.63) is 11.5 Å². The van der Waals surface area contributed by atoms with Gasteiger partial charge in [0.05, 0.1) is 33.0 Å². The smallest absolute Gasteiger partial charge is 0.182 e. The van der Waals surface area contributed by atoms with Crippen molar-refractivity contribution in [1.82, 2.24) is 10.6 Å². The van der Waals surface area contributed by atoms with E-state index in [9.17, 15) is 9.50 Å². The lowest BCUT2D eigenvalue weighted by atomic mass is 10.3. The molecule has 0 aliphatic heterocycles. The highest BCUT2D eigenvalue weighted by atomic mass is 19.1. The molecule has 0 radical (unpaired) electrons. The summed E-state index contributed by atoms with van der Waals surface area (Å²) in [4.78, 5) is 0. The Morgan fingerprint density at radius 1 is 0.958 bits per heavy atom. The highest BCUT2D eigenvalue weighted by molar-refractivity contribution is 4.98. The topological polar surface area (TPSA) is 72.0 Å².